The van der Waals surface area contributed by atoms with E-state index >= 15 is 0 Å². The fourth-order valence-electron chi connectivity index (χ4n) is 4.50. The Kier molecular flexibility index (Phi) is 5.31. The van der Waals surface area contributed by atoms with Gasteiger partial charge in [0.25, 0.3) is 5.56 Å². The van der Waals surface area contributed by atoms with Crippen molar-refractivity contribution in [2.24, 2.45) is 0 Å². The molecule has 2 aromatic rings. The normalized spacial score (nSPS) is 26.3. The smallest absolute Gasteiger partial charge is 0.288 e. The van der Waals surface area contributed by atoms with Crippen LogP contribution in [-0.2, 0) is 10.0 Å². The summed E-state index contributed by atoms with van der Waals surface area (Å²) in [5.41, 5.74) is -1.65. The predicted molar refractivity (Wildman–Crippen MR) is 110 cm³/mol. The van der Waals surface area contributed by atoms with Crippen LogP contribution in [0.4, 0.5) is 10.3 Å². The van der Waals surface area contributed by atoms with Gasteiger partial charge in [0.05, 0.1) is 17.9 Å². The Bertz CT molecular complexity index is 1130. The lowest BCUT2D eigenvalue weighted by Gasteiger charge is -2.31. The zero-order chi connectivity index (χ0) is 21.7. The van der Waals surface area contributed by atoms with E-state index < -0.39 is 33.0 Å². The van der Waals surface area contributed by atoms with Crippen molar-refractivity contribution in [3.8, 4) is 0 Å². The van der Waals surface area contributed by atoms with Gasteiger partial charge in [0.2, 0.25) is 16.0 Å². The van der Waals surface area contributed by atoms with Crippen molar-refractivity contribution < 1.29 is 17.9 Å². The number of nitrogens with one attached hydrogen (secondary N) is 1. The van der Waals surface area contributed by atoms with Crippen LogP contribution in [0.2, 0.25) is 0 Å². The highest BCUT2D eigenvalue weighted by Gasteiger charge is 2.40. The summed E-state index contributed by atoms with van der Waals surface area (Å²) in [5, 5.41) is 14.3. The van der Waals surface area contributed by atoms with Gasteiger partial charge in [-0.1, -0.05) is 0 Å². The molecule has 0 bridgehead atoms. The number of rotatable bonds is 4. The lowest BCUT2D eigenvalue weighted by molar-refractivity contribution is 0.0263. The standard InChI is InChI=1S/C19H26FN5O4S/c1-19(27)7-3-4-15(19)25-16-12(10-14(20)17(25)26)11-21-18(23-16)22-13-5-8-24(9-6-13)30(2,28)29/h10-11,13,15,27H,3-9H2,1-2H3,(H,21,22,23)/t15-,19+/m1/s1. The first-order chi connectivity index (χ1) is 14.1. The summed E-state index contributed by atoms with van der Waals surface area (Å²) in [6.45, 7) is 2.47. The first-order valence-electron chi connectivity index (χ1n) is 10.1. The minimum Gasteiger partial charge on any atom is -0.388 e. The average molecular weight is 440 g/mol. The van der Waals surface area contributed by atoms with E-state index in [2.05, 4.69) is 15.3 Å². The number of piperidine rings is 1. The van der Waals surface area contributed by atoms with E-state index in [1.54, 1.807) is 6.92 Å². The van der Waals surface area contributed by atoms with Crippen molar-refractivity contribution in [2.45, 2.75) is 56.7 Å². The quantitative estimate of drug-likeness (QED) is 0.736. The second-order valence-electron chi connectivity index (χ2n) is 8.49. The van der Waals surface area contributed by atoms with Crippen LogP contribution in [-0.4, -0.2) is 63.4 Å². The molecule has 2 aromatic heterocycles. The van der Waals surface area contributed by atoms with Crippen LogP contribution < -0.4 is 10.9 Å². The number of pyridine rings is 1. The fraction of sp³-hybridized carbons (Fsp3) is 0.632. The molecular weight excluding hydrogens is 413 g/mol. The zero-order valence-electron chi connectivity index (χ0n) is 17.0. The van der Waals surface area contributed by atoms with Gasteiger partial charge in [0, 0.05) is 30.7 Å². The van der Waals surface area contributed by atoms with E-state index in [0.29, 0.717) is 44.2 Å². The second-order valence-corrected chi connectivity index (χ2v) is 10.5. The Morgan fingerprint density at radius 3 is 2.60 bits per heavy atom. The maximum atomic E-state index is 14.3. The van der Waals surface area contributed by atoms with Crippen molar-refractivity contribution in [1.29, 1.82) is 0 Å². The van der Waals surface area contributed by atoms with Crippen LogP contribution in [0.1, 0.15) is 45.1 Å². The number of sulfonamides is 1. The van der Waals surface area contributed by atoms with E-state index in [-0.39, 0.29) is 17.6 Å². The maximum Gasteiger partial charge on any atom is 0.288 e. The molecule has 0 radical (unpaired) electrons. The predicted octanol–water partition coefficient (Wildman–Crippen LogP) is 1.24. The summed E-state index contributed by atoms with van der Waals surface area (Å²) < 4.78 is 40.3. The third-order valence-corrected chi connectivity index (χ3v) is 7.48. The summed E-state index contributed by atoms with van der Waals surface area (Å²) in [7, 11) is -3.21. The molecule has 2 N–H and O–H groups in total. The number of aromatic nitrogens is 3. The molecule has 0 spiro atoms. The number of hydrogen-bond acceptors (Lipinski definition) is 7. The molecule has 1 saturated heterocycles. The Labute approximate surface area is 174 Å². The van der Waals surface area contributed by atoms with Gasteiger partial charge in [0.15, 0.2) is 5.82 Å². The molecule has 1 saturated carbocycles. The van der Waals surface area contributed by atoms with Crippen LogP contribution in [0, 0.1) is 5.82 Å². The van der Waals surface area contributed by atoms with Crippen molar-refractivity contribution in [3.63, 3.8) is 0 Å². The molecule has 11 heteroatoms. The minimum atomic E-state index is -3.21. The number of aliphatic hydroxyl groups is 1. The Morgan fingerprint density at radius 2 is 2.00 bits per heavy atom. The highest BCUT2D eigenvalue weighted by atomic mass is 32.2. The van der Waals surface area contributed by atoms with Crippen molar-refractivity contribution in [3.05, 3.63) is 28.4 Å². The Morgan fingerprint density at radius 1 is 1.30 bits per heavy atom. The Balaban J connectivity index is 1.65. The molecule has 0 unspecified atom stereocenters. The molecule has 3 heterocycles. The summed E-state index contributed by atoms with van der Waals surface area (Å²) in [6.07, 6.45) is 5.67. The third kappa shape index (κ3) is 3.93. The Hall–Kier alpha value is -2.11. The molecule has 1 aliphatic carbocycles. The van der Waals surface area contributed by atoms with E-state index in [9.17, 15) is 22.7 Å². The van der Waals surface area contributed by atoms with Gasteiger partial charge in [-0.15, -0.1) is 0 Å². The van der Waals surface area contributed by atoms with Crippen molar-refractivity contribution >= 4 is 27.0 Å². The number of halogens is 1. The molecule has 164 valence electrons. The van der Waals surface area contributed by atoms with Crippen LogP contribution in [0.5, 0.6) is 0 Å². The van der Waals surface area contributed by atoms with Gasteiger partial charge in [-0.25, -0.2) is 22.1 Å². The molecule has 0 aromatic carbocycles. The van der Waals surface area contributed by atoms with E-state index in [0.717, 1.165) is 12.5 Å². The molecular formula is C19H26FN5O4S. The van der Waals surface area contributed by atoms with Crippen LogP contribution in [0.15, 0.2) is 17.1 Å². The highest BCUT2D eigenvalue weighted by molar-refractivity contribution is 7.88. The molecule has 2 aliphatic rings. The van der Waals surface area contributed by atoms with Crippen LogP contribution >= 0.6 is 0 Å². The summed E-state index contributed by atoms with van der Waals surface area (Å²) >= 11 is 0. The molecule has 2 atom stereocenters. The summed E-state index contributed by atoms with van der Waals surface area (Å²) in [6, 6.07) is 0.534. The first-order valence-corrected chi connectivity index (χ1v) is 11.9. The van der Waals surface area contributed by atoms with Crippen LogP contribution in [0.3, 0.4) is 0 Å². The fourth-order valence-corrected chi connectivity index (χ4v) is 5.37. The molecule has 9 nitrogen and oxygen atoms in total. The number of fused-ring (bicyclic) bond motifs is 1. The lowest BCUT2D eigenvalue weighted by atomic mass is 10.00. The van der Waals surface area contributed by atoms with Gasteiger partial charge >= 0.3 is 0 Å². The van der Waals surface area contributed by atoms with Gasteiger partial charge in [-0.3, -0.25) is 9.36 Å². The molecule has 1 aliphatic heterocycles. The first kappa shape index (κ1) is 21.1. The monoisotopic (exact) mass is 439 g/mol. The summed E-state index contributed by atoms with van der Waals surface area (Å²) in [5.74, 6) is -0.611. The van der Waals surface area contributed by atoms with Gasteiger partial charge in [0.1, 0.15) is 5.65 Å². The van der Waals surface area contributed by atoms with Crippen molar-refractivity contribution in [1.82, 2.24) is 18.8 Å². The topological polar surface area (TPSA) is 117 Å². The molecule has 30 heavy (non-hydrogen) atoms. The minimum absolute atomic E-state index is 0.0179. The highest BCUT2D eigenvalue weighted by Crippen LogP contribution is 2.39. The zero-order valence-corrected chi connectivity index (χ0v) is 17.8. The van der Waals surface area contributed by atoms with Crippen LogP contribution in [0.25, 0.3) is 11.0 Å². The van der Waals surface area contributed by atoms with Crippen molar-refractivity contribution in [2.75, 3.05) is 24.7 Å². The lowest BCUT2D eigenvalue weighted by Crippen LogP contribution is -2.42. The van der Waals surface area contributed by atoms with Gasteiger partial charge < -0.3 is 10.4 Å². The van der Waals surface area contributed by atoms with E-state index in [4.69, 9.17) is 0 Å². The largest absolute Gasteiger partial charge is 0.388 e. The van der Waals surface area contributed by atoms with E-state index in [1.165, 1.54) is 21.3 Å². The van der Waals surface area contributed by atoms with Gasteiger partial charge in [-0.05, 0) is 45.1 Å². The van der Waals surface area contributed by atoms with Gasteiger partial charge in [-0.2, -0.15) is 4.98 Å². The molecule has 4 rings (SSSR count). The average Bonchev–Trinajstić information content (AvgIpc) is 3.02. The van der Waals surface area contributed by atoms with E-state index in [1.807, 2.05) is 0 Å². The number of anilines is 1. The maximum absolute atomic E-state index is 14.3. The number of nitrogens with zero attached hydrogens (tertiary/aromatic N) is 4. The molecule has 2 fully saturated rings. The summed E-state index contributed by atoms with van der Waals surface area (Å²) in [4.78, 5) is 21.3. The molecule has 0 amide bonds. The third-order valence-electron chi connectivity index (χ3n) is 6.18. The number of hydrogen-bond donors (Lipinski definition) is 2. The second kappa shape index (κ2) is 7.54. The SMILES string of the molecule is C[C@]1(O)CCC[C@H]1n1c(=O)c(F)cc2cnc(NC3CCN(S(C)(=O)=O)CC3)nc21.